The van der Waals surface area contributed by atoms with Crippen LogP contribution in [0.25, 0.3) is 21.9 Å². The zero-order chi connectivity index (χ0) is 13.1. The van der Waals surface area contributed by atoms with Gasteiger partial charge < -0.3 is 4.74 Å². The van der Waals surface area contributed by atoms with Crippen molar-refractivity contribution in [2.45, 2.75) is 6.92 Å². The molecular formula is C18H15O. The summed E-state index contributed by atoms with van der Waals surface area (Å²) in [6.45, 7) is 2.68. The molecule has 0 heterocycles. The lowest BCUT2D eigenvalue weighted by Gasteiger charge is -2.13. The Balaban J connectivity index is 2.32. The molecule has 93 valence electrons. The van der Waals surface area contributed by atoms with Crippen LogP contribution in [0, 0.1) is 6.07 Å². The molecule has 3 rings (SSSR count). The summed E-state index contributed by atoms with van der Waals surface area (Å²) < 4.78 is 5.79. The minimum absolute atomic E-state index is 0.671. The number of rotatable bonds is 3. The lowest BCUT2D eigenvalue weighted by Crippen LogP contribution is -1.94. The van der Waals surface area contributed by atoms with Gasteiger partial charge in [0.15, 0.2) is 0 Å². The fourth-order valence-corrected chi connectivity index (χ4v) is 2.38. The Morgan fingerprint density at radius 2 is 1.74 bits per heavy atom. The summed E-state index contributed by atoms with van der Waals surface area (Å²) in [5.74, 6) is 0.937. The Bertz CT molecular complexity index is 686. The molecule has 3 aromatic carbocycles. The molecule has 0 N–H and O–H groups in total. The third-order valence-electron chi connectivity index (χ3n) is 3.20. The van der Waals surface area contributed by atoms with Gasteiger partial charge in [0, 0.05) is 5.56 Å². The molecular weight excluding hydrogens is 232 g/mol. The number of hydrogen-bond donors (Lipinski definition) is 0. The third-order valence-corrected chi connectivity index (χ3v) is 3.20. The first kappa shape index (κ1) is 11.8. The first-order valence-corrected chi connectivity index (χ1v) is 6.51. The van der Waals surface area contributed by atoms with Crippen molar-refractivity contribution in [2.24, 2.45) is 0 Å². The highest BCUT2D eigenvalue weighted by Crippen LogP contribution is 2.36. The van der Waals surface area contributed by atoms with E-state index in [2.05, 4.69) is 54.6 Å². The smallest absolute Gasteiger partial charge is 0.127 e. The minimum Gasteiger partial charge on any atom is -0.493 e. The van der Waals surface area contributed by atoms with E-state index in [-0.39, 0.29) is 0 Å². The van der Waals surface area contributed by atoms with Crippen molar-refractivity contribution in [1.82, 2.24) is 0 Å². The largest absolute Gasteiger partial charge is 0.493 e. The average Bonchev–Trinajstić information content (AvgIpc) is 2.48. The fourth-order valence-electron chi connectivity index (χ4n) is 2.38. The Morgan fingerprint density at radius 1 is 0.947 bits per heavy atom. The van der Waals surface area contributed by atoms with Gasteiger partial charge >= 0.3 is 0 Å². The monoisotopic (exact) mass is 247 g/mol. The van der Waals surface area contributed by atoms with Gasteiger partial charge in [0.25, 0.3) is 0 Å². The van der Waals surface area contributed by atoms with Crippen LogP contribution in [-0.2, 0) is 0 Å². The number of benzene rings is 3. The summed E-state index contributed by atoms with van der Waals surface area (Å²) in [5, 5.41) is 2.45. The van der Waals surface area contributed by atoms with Gasteiger partial charge in [-0.05, 0) is 35.4 Å². The van der Waals surface area contributed by atoms with Crippen molar-refractivity contribution in [3.8, 4) is 16.9 Å². The normalized spacial score (nSPS) is 10.6. The van der Waals surface area contributed by atoms with Gasteiger partial charge in [-0.15, -0.1) is 0 Å². The van der Waals surface area contributed by atoms with Crippen LogP contribution >= 0.6 is 0 Å². The van der Waals surface area contributed by atoms with Crippen LogP contribution < -0.4 is 4.74 Å². The van der Waals surface area contributed by atoms with E-state index < -0.39 is 0 Å². The van der Waals surface area contributed by atoms with Gasteiger partial charge in [-0.1, -0.05) is 54.6 Å². The van der Waals surface area contributed by atoms with Crippen molar-refractivity contribution < 1.29 is 4.74 Å². The van der Waals surface area contributed by atoms with E-state index in [1.807, 2.05) is 19.1 Å². The summed E-state index contributed by atoms with van der Waals surface area (Å²) in [4.78, 5) is 0. The maximum Gasteiger partial charge on any atom is 0.127 e. The van der Waals surface area contributed by atoms with Gasteiger partial charge in [0.1, 0.15) is 5.75 Å². The lowest BCUT2D eigenvalue weighted by atomic mass is 9.97. The summed E-state index contributed by atoms with van der Waals surface area (Å²) in [6, 6.07) is 23.6. The Labute approximate surface area is 113 Å². The molecule has 0 atom stereocenters. The molecule has 0 fully saturated rings. The van der Waals surface area contributed by atoms with E-state index in [4.69, 9.17) is 4.74 Å². The van der Waals surface area contributed by atoms with Crippen molar-refractivity contribution in [1.29, 1.82) is 0 Å². The van der Waals surface area contributed by atoms with Gasteiger partial charge in [-0.2, -0.15) is 0 Å². The van der Waals surface area contributed by atoms with E-state index in [0.717, 1.165) is 11.3 Å². The fraction of sp³-hybridized carbons (Fsp3) is 0.111. The second-order valence-corrected chi connectivity index (χ2v) is 4.38. The summed E-state index contributed by atoms with van der Waals surface area (Å²) in [7, 11) is 0. The number of fused-ring (bicyclic) bond motifs is 1. The zero-order valence-electron chi connectivity index (χ0n) is 10.9. The second-order valence-electron chi connectivity index (χ2n) is 4.38. The molecule has 0 amide bonds. The highest BCUT2D eigenvalue weighted by molar-refractivity contribution is 5.99. The van der Waals surface area contributed by atoms with Crippen molar-refractivity contribution in [3.05, 3.63) is 66.7 Å². The Morgan fingerprint density at radius 3 is 2.53 bits per heavy atom. The Kier molecular flexibility index (Phi) is 3.20. The van der Waals surface area contributed by atoms with Gasteiger partial charge in [-0.25, -0.2) is 0 Å². The van der Waals surface area contributed by atoms with Crippen LogP contribution in [0.4, 0.5) is 0 Å². The maximum absolute atomic E-state index is 5.79. The maximum atomic E-state index is 5.79. The SMILES string of the molecule is CCOc1ccc2ccccc2c1-c1cc[c]cc1. The van der Waals surface area contributed by atoms with Crippen LogP contribution in [-0.4, -0.2) is 6.61 Å². The number of hydrogen-bond acceptors (Lipinski definition) is 1. The predicted octanol–water partition coefficient (Wildman–Crippen LogP) is 4.71. The molecule has 1 radical (unpaired) electrons. The van der Waals surface area contributed by atoms with E-state index >= 15 is 0 Å². The average molecular weight is 247 g/mol. The molecule has 0 aromatic heterocycles. The molecule has 1 heteroatoms. The van der Waals surface area contributed by atoms with Crippen LogP contribution in [0.15, 0.2) is 60.7 Å². The number of ether oxygens (including phenoxy) is 1. The molecule has 0 unspecified atom stereocenters. The van der Waals surface area contributed by atoms with Crippen LogP contribution in [0.5, 0.6) is 5.75 Å². The topological polar surface area (TPSA) is 9.23 Å². The molecule has 0 spiro atoms. The van der Waals surface area contributed by atoms with Crippen LogP contribution in [0.1, 0.15) is 6.92 Å². The Hall–Kier alpha value is -2.28. The molecule has 3 aromatic rings. The van der Waals surface area contributed by atoms with E-state index in [9.17, 15) is 0 Å². The van der Waals surface area contributed by atoms with Gasteiger partial charge in [0.05, 0.1) is 6.61 Å². The molecule has 19 heavy (non-hydrogen) atoms. The second kappa shape index (κ2) is 5.15. The van der Waals surface area contributed by atoms with E-state index in [1.165, 1.54) is 16.3 Å². The highest BCUT2D eigenvalue weighted by Gasteiger charge is 2.10. The first-order chi connectivity index (χ1) is 9.40. The molecule has 0 aliphatic rings. The van der Waals surface area contributed by atoms with Crippen molar-refractivity contribution in [2.75, 3.05) is 6.61 Å². The summed E-state index contributed by atoms with van der Waals surface area (Å²) in [6.07, 6.45) is 0. The first-order valence-electron chi connectivity index (χ1n) is 6.51. The van der Waals surface area contributed by atoms with Gasteiger partial charge in [0.2, 0.25) is 0 Å². The van der Waals surface area contributed by atoms with Crippen LogP contribution in [0.2, 0.25) is 0 Å². The molecule has 0 bridgehead atoms. The molecule has 0 aliphatic carbocycles. The van der Waals surface area contributed by atoms with Crippen LogP contribution in [0.3, 0.4) is 0 Å². The molecule has 1 nitrogen and oxygen atoms in total. The lowest BCUT2D eigenvalue weighted by molar-refractivity contribution is 0.342. The highest BCUT2D eigenvalue weighted by atomic mass is 16.5. The quantitative estimate of drug-likeness (QED) is 0.651. The molecule has 0 saturated carbocycles. The van der Waals surface area contributed by atoms with E-state index in [1.54, 1.807) is 0 Å². The third kappa shape index (κ3) is 2.19. The summed E-state index contributed by atoms with van der Waals surface area (Å²) in [5.41, 5.74) is 2.33. The van der Waals surface area contributed by atoms with Gasteiger partial charge in [-0.3, -0.25) is 0 Å². The molecule has 0 saturated heterocycles. The van der Waals surface area contributed by atoms with Crippen molar-refractivity contribution in [3.63, 3.8) is 0 Å². The molecule has 0 aliphatic heterocycles. The predicted molar refractivity (Wildman–Crippen MR) is 79.4 cm³/mol. The standard InChI is InChI=1S/C18H15O/c1-2-19-17-13-12-14-8-6-7-11-16(14)18(17)15-9-4-3-5-10-15/h4-13H,2H2,1H3. The minimum atomic E-state index is 0.671. The van der Waals surface area contributed by atoms with E-state index in [0.29, 0.717) is 6.61 Å². The summed E-state index contributed by atoms with van der Waals surface area (Å²) >= 11 is 0. The zero-order valence-corrected chi connectivity index (χ0v) is 10.9. The van der Waals surface area contributed by atoms with Crippen molar-refractivity contribution >= 4 is 10.8 Å².